The molecule has 1 atom stereocenters. The molecule has 2 rings (SSSR count). The molecule has 0 aliphatic heterocycles. The second-order valence-corrected chi connectivity index (χ2v) is 4.23. The van der Waals surface area contributed by atoms with Crippen molar-refractivity contribution in [3.8, 4) is 0 Å². The fourth-order valence-electron chi connectivity index (χ4n) is 1.47. The predicted molar refractivity (Wildman–Crippen MR) is 59.4 cm³/mol. The molecule has 0 radical (unpaired) electrons. The Morgan fingerprint density at radius 3 is 2.36 bits per heavy atom. The molecule has 0 aliphatic rings. The van der Waals surface area contributed by atoms with E-state index in [1.807, 2.05) is 54.1 Å². The van der Waals surface area contributed by atoms with Crippen LogP contribution in [0.25, 0.3) is 0 Å². The van der Waals surface area contributed by atoms with Gasteiger partial charge in [-0.05, 0) is 34.9 Å². The highest BCUT2D eigenvalue weighted by molar-refractivity contribution is 7.08. The molecule has 0 fully saturated rings. The highest BCUT2D eigenvalue weighted by Crippen LogP contribution is 2.29. The average molecular weight is 204 g/mol. The first-order valence-electron chi connectivity index (χ1n) is 4.52. The highest BCUT2D eigenvalue weighted by Gasteiger charge is 2.25. The predicted octanol–water partition coefficient (Wildman–Crippen LogP) is 3.00. The van der Waals surface area contributed by atoms with Crippen LogP contribution in [0.5, 0.6) is 0 Å². The maximum absolute atomic E-state index is 10.4. The first kappa shape index (κ1) is 9.44. The van der Waals surface area contributed by atoms with Crippen molar-refractivity contribution >= 4 is 11.3 Å². The Kier molecular flexibility index (Phi) is 2.40. The summed E-state index contributed by atoms with van der Waals surface area (Å²) in [6.07, 6.45) is 0. The van der Waals surface area contributed by atoms with Gasteiger partial charge >= 0.3 is 0 Å². The van der Waals surface area contributed by atoms with E-state index in [4.69, 9.17) is 0 Å². The fourth-order valence-corrected chi connectivity index (χ4v) is 2.23. The normalized spacial score (nSPS) is 15.0. The van der Waals surface area contributed by atoms with Crippen LogP contribution in [0.3, 0.4) is 0 Å². The van der Waals surface area contributed by atoms with Crippen LogP contribution < -0.4 is 0 Å². The Hall–Kier alpha value is -1.12. The van der Waals surface area contributed by atoms with Crippen LogP contribution in [0.2, 0.25) is 0 Å². The number of hydrogen-bond donors (Lipinski definition) is 1. The van der Waals surface area contributed by atoms with Crippen LogP contribution in [0.15, 0.2) is 47.2 Å². The molecule has 2 aromatic rings. The topological polar surface area (TPSA) is 20.2 Å². The Morgan fingerprint density at radius 2 is 1.79 bits per heavy atom. The first-order valence-corrected chi connectivity index (χ1v) is 5.46. The van der Waals surface area contributed by atoms with E-state index in [2.05, 4.69) is 0 Å². The molecule has 0 aliphatic carbocycles. The molecule has 0 amide bonds. The van der Waals surface area contributed by atoms with Crippen molar-refractivity contribution in [2.75, 3.05) is 0 Å². The molecule has 0 bridgehead atoms. The quantitative estimate of drug-likeness (QED) is 0.797. The van der Waals surface area contributed by atoms with E-state index in [0.29, 0.717) is 0 Å². The molecule has 1 heterocycles. The van der Waals surface area contributed by atoms with Gasteiger partial charge in [-0.1, -0.05) is 30.3 Å². The van der Waals surface area contributed by atoms with Gasteiger partial charge < -0.3 is 5.11 Å². The van der Waals surface area contributed by atoms with Crippen LogP contribution in [-0.4, -0.2) is 5.11 Å². The minimum Gasteiger partial charge on any atom is -0.381 e. The molecular formula is C12H12OS. The van der Waals surface area contributed by atoms with Crippen molar-refractivity contribution in [1.82, 2.24) is 0 Å². The molecule has 72 valence electrons. The standard InChI is InChI=1S/C12H12OS/c1-12(13,11-7-8-14-9-11)10-5-3-2-4-6-10/h2-9,13H,1H3. The monoisotopic (exact) mass is 204 g/mol. The maximum Gasteiger partial charge on any atom is 0.113 e. The van der Waals surface area contributed by atoms with Crippen LogP contribution in [0.4, 0.5) is 0 Å². The van der Waals surface area contributed by atoms with Gasteiger partial charge in [-0.3, -0.25) is 0 Å². The summed E-state index contributed by atoms with van der Waals surface area (Å²) in [5.41, 5.74) is 1.01. The summed E-state index contributed by atoms with van der Waals surface area (Å²) in [6, 6.07) is 11.7. The lowest BCUT2D eigenvalue weighted by molar-refractivity contribution is 0.103. The summed E-state index contributed by atoms with van der Waals surface area (Å²) >= 11 is 1.60. The van der Waals surface area contributed by atoms with Gasteiger partial charge in [0.25, 0.3) is 0 Å². The van der Waals surface area contributed by atoms with Crippen LogP contribution >= 0.6 is 11.3 Å². The molecule has 2 heteroatoms. The van der Waals surface area contributed by atoms with Crippen molar-refractivity contribution in [3.05, 3.63) is 58.3 Å². The lowest BCUT2D eigenvalue weighted by atomic mass is 9.90. The molecule has 1 N–H and O–H groups in total. The van der Waals surface area contributed by atoms with Crippen molar-refractivity contribution in [2.24, 2.45) is 0 Å². The zero-order valence-electron chi connectivity index (χ0n) is 7.97. The van der Waals surface area contributed by atoms with E-state index in [1.165, 1.54) is 0 Å². The molecule has 1 aromatic carbocycles. The van der Waals surface area contributed by atoms with E-state index in [9.17, 15) is 5.11 Å². The number of aliphatic hydroxyl groups is 1. The molecule has 0 saturated carbocycles. The number of rotatable bonds is 2. The molecular weight excluding hydrogens is 192 g/mol. The van der Waals surface area contributed by atoms with Gasteiger partial charge in [0.05, 0.1) is 0 Å². The van der Waals surface area contributed by atoms with E-state index in [0.717, 1.165) is 11.1 Å². The van der Waals surface area contributed by atoms with Crippen molar-refractivity contribution < 1.29 is 5.11 Å². The molecule has 0 saturated heterocycles. The highest BCUT2D eigenvalue weighted by atomic mass is 32.1. The van der Waals surface area contributed by atoms with Crippen LogP contribution in [0.1, 0.15) is 18.1 Å². The number of hydrogen-bond acceptors (Lipinski definition) is 2. The summed E-state index contributed by atoms with van der Waals surface area (Å²) < 4.78 is 0. The number of benzene rings is 1. The summed E-state index contributed by atoms with van der Waals surface area (Å²) in [6.45, 7) is 1.82. The first-order chi connectivity index (χ1) is 6.71. The van der Waals surface area contributed by atoms with Gasteiger partial charge in [0.1, 0.15) is 5.60 Å². The lowest BCUT2D eigenvalue weighted by Crippen LogP contribution is -2.21. The minimum absolute atomic E-state index is 0.874. The molecule has 14 heavy (non-hydrogen) atoms. The zero-order valence-corrected chi connectivity index (χ0v) is 8.79. The van der Waals surface area contributed by atoms with Gasteiger partial charge in [0, 0.05) is 0 Å². The van der Waals surface area contributed by atoms with Crippen molar-refractivity contribution in [3.63, 3.8) is 0 Å². The minimum atomic E-state index is -0.874. The third-order valence-corrected chi connectivity index (χ3v) is 3.10. The number of thiophene rings is 1. The Morgan fingerprint density at radius 1 is 1.07 bits per heavy atom. The van der Waals surface area contributed by atoms with Crippen molar-refractivity contribution in [1.29, 1.82) is 0 Å². The summed E-state index contributed by atoms with van der Waals surface area (Å²) in [7, 11) is 0. The summed E-state index contributed by atoms with van der Waals surface area (Å²) in [5, 5.41) is 14.3. The zero-order chi connectivity index (χ0) is 10.0. The Bertz CT molecular complexity index is 390. The van der Waals surface area contributed by atoms with Gasteiger partial charge in [-0.2, -0.15) is 11.3 Å². The molecule has 1 aromatic heterocycles. The maximum atomic E-state index is 10.4. The van der Waals surface area contributed by atoms with E-state index < -0.39 is 5.60 Å². The second kappa shape index (κ2) is 3.56. The second-order valence-electron chi connectivity index (χ2n) is 3.45. The van der Waals surface area contributed by atoms with E-state index >= 15 is 0 Å². The van der Waals surface area contributed by atoms with Crippen molar-refractivity contribution in [2.45, 2.75) is 12.5 Å². The van der Waals surface area contributed by atoms with Gasteiger partial charge in [0.2, 0.25) is 0 Å². The smallest absolute Gasteiger partial charge is 0.113 e. The summed E-state index contributed by atoms with van der Waals surface area (Å²) in [5.74, 6) is 0. The summed E-state index contributed by atoms with van der Waals surface area (Å²) in [4.78, 5) is 0. The SMILES string of the molecule is CC(O)(c1ccccc1)c1ccsc1. The van der Waals surface area contributed by atoms with Gasteiger partial charge in [-0.15, -0.1) is 0 Å². The Balaban J connectivity index is 2.43. The van der Waals surface area contributed by atoms with Gasteiger partial charge in [-0.25, -0.2) is 0 Å². The third kappa shape index (κ3) is 1.59. The third-order valence-electron chi connectivity index (χ3n) is 2.42. The van der Waals surface area contributed by atoms with E-state index in [1.54, 1.807) is 11.3 Å². The molecule has 1 unspecified atom stereocenters. The van der Waals surface area contributed by atoms with Gasteiger partial charge in [0.15, 0.2) is 0 Å². The average Bonchev–Trinajstić information content (AvgIpc) is 2.72. The Labute approximate surface area is 87.7 Å². The van der Waals surface area contributed by atoms with Crippen LogP contribution in [-0.2, 0) is 5.60 Å². The molecule has 0 spiro atoms. The largest absolute Gasteiger partial charge is 0.381 e. The lowest BCUT2D eigenvalue weighted by Gasteiger charge is -2.22. The van der Waals surface area contributed by atoms with E-state index in [-0.39, 0.29) is 0 Å². The fraction of sp³-hybridized carbons (Fsp3) is 0.167. The molecule has 1 nitrogen and oxygen atoms in total. The van der Waals surface area contributed by atoms with Crippen LogP contribution in [0, 0.1) is 0 Å².